The van der Waals surface area contributed by atoms with Crippen molar-refractivity contribution >= 4 is 5.91 Å². The zero-order valence-corrected chi connectivity index (χ0v) is 12.9. The minimum Gasteiger partial charge on any atom is -0.348 e. The summed E-state index contributed by atoms with van der Waals surface area (Å²) in [4.78, 5) is 12.5. The lowest BCUT2D eigenvalue weighted by atomic mass is 10.1. The first-order valence-corrected chi connectivity index (χ1v) is 7.58. The molecule has 0 aliphatic heterocycles. The van der Waals surface area contributed by atoms with Gasteiger partial charge in [0.05, 0.1) is 0 Å². The fraction of sp³-hybridized carbons (Fsp3) is 0.389. The van der Waals surface area contributed by atoms with Crippen LogP contribution >= 0.6 is 0 Å². The summed E-state index contributed by atoms with van der Waals surface area (Å²) in [5.74, 6) is 0.0664. The second-order valence-electron chi connectivity index (χ2n) is 6.08. The highest BCUT2D eigenvalue weighted by Crippen LogP contribution is 2.22. The standard InChI is InChI=1S/C18H22N2O/c1-12-6-4-5-7-15(12)11-20-14(3)10-13(2)17(20)18(21)19-16-8-9-16/h4-7,10,16H,8-9,11H2,1-3H3,(H,19,21). The Bertz CT molecular complexity index is 681. The Morgan fingerprint density at radius 3 is 2.57 bits per heavy atom. The normalized spacial score (nSPS) is 14.2. The molecular formula is C18H22N2O. The summed E-state index contributed by atoms with van der Waals surface area (Å²) in [5.41, 5.74) is 5.52. The van der Waals surface area contributed by atoms with Gasteiger partial charge in [-0.2, -0.15) is 0 Å². The Balaban J connectivity index is 1.93. The van der Waals surface area contributed by atoms with Crippen molar-refractivity contribution < 1.29 is 4.79 Å². The van der Waals surface area contributed by atoms with Crippen LogP contribution in [-0.4, -0.2) is 16.5 Å². The Kier molecular flexibility index (Phi) is 3.58. The van der Waals surface area contributed by atoms with Gasteiger partial charge in [0.15, 0.2) is 0 Å². The lowest BCUT2D eigenvalue weighted by Gasteiger charge is -2.14. The van der Waals surface area contributed by atoms with E-state index in [0.29, 0.717) is 6.04 Å². The van der Waals surface area contributed by atoms with Crippen LogP contribution < -0.4 is 5.32 Å². The molecule has 1 amide bonds. The number of nitrogens with zero attached hydrogens (tertiary/aromatic N) is 1. The van der Waals surface area contributed by atoms with Gasteiger partial charge in [0, 0.05) is 18.3 Å². The molecule has 1 heterocycles. The van der Waals surface area contributed by atoms with Gasteiger partial charge in [0.2, 0.25) is 0 Å². The third kappa shape index (κ3) is 2.87. The van der Waals surface area contributed by atoms with Crippen molar-refractivity contribution in [3.8, 4) is 0 Å². The minimum atomic E-state index is 0.0664. The molecule has 0 radical (unpaired) electrons. The van der Waals surface area contributed by atoms with Gasteiger partial charge >= 0.3 is 0 Å². The monoisotopic (exact) mass is 282 g/mol. The van der Waals surface area contributed by atoms with E-state index in [0.717, 1.165) is 36.3 Å². The van der Waals surface area contributed by atoms with E-state index in [4.69, 9.17) is 0 Å². The molecule has 0 atom stereocenters. The van der Waals surface area contributed by atoms with Gasteiger partial charge < -0.3 is 9.88 Å². The molecule has 0 saturated heterocycles. The fourth-order valence-corrected chi connectivity index (χ4v) is 2.79. The second kappa shape index (κ2) is 5.40. The summed E-state index contributed by atoms with van der Waals surface area (Å²) in [7, 11) is 0. The molecule has 3 heteroatoms. The van der Waals surface area contributed by atoms with E-state index in [1.165, 1.54) is 11.1 Å². The summed E-state index contributed by atoms with van der Waals surface area (Å²) in [6.07, 6.45) is 2.23. The van der Waals surface area contributed by atoms with Gasteiger partial charge in [-0.3, -0.25) is 4.79 Å². The van der Waals surface area contributed by atoms with Crippen LogP contribution in [0.4, 0.5) is 0 Å². The van der Waals surface area contributed by atoms with E-state index in [1.807, 2.05) is 13.0 Å². The van der Waals surface area contributed by atoms with Crippen molar-refractivity contribution in [3.05, 3.63) is 58.4 Å². The molecule has 1 aromatic carbocycles. The maximum atomic E-state index is 12.5. The smallest absolute Gasteiger partial charge is 0.268 e. The molecule has 2 aromatic rings. The van der Waals surface area contributed by atoms with Crippen LogP contribution in [0, 0.1) is 20.8 Å². The summed E-state index contributed by atoms with van der Waals surface area (Å²) >= 11 is 0. The molecule has 1 aliphatic carbocycles. The summed E-state index contributed by atoms with van der Waals surface area (Å²) < 4.78 is 2.13. The number of carbonyl (C=O) groups is 1. The van der Waals surface area contributed by atoms with Crippen LogP contribution in [0.1, 0.15) is 45.7 Å². The predicted octanol–water partition coefficient (Wildman–Crippen LogP) is 3.35. The van der Waals surface area contributed by atoms with E-state index >= 15 is 0 Å². The predicted molar refractivity (Wildman–Crippen MR) is 84.7 cm³/mol. The minimum absolute atomic E-state index is 0.0664. The number of nitrogens with one attached hydrogen (secondary N) is 1. The van der Waals surface area contributed by atoms with Crippen molar-refractivity contribution in [1.82, 2.24) is 9.88 Å². The van der Waals surface area contributed by atoms with Crippen molar-refractivity contribution in [1.29, 1.82) is 0 Å². The molecule has 0 spiro atoms. The zero-order valence-electron chi connectivity index (χ0n) is 12.9. The largest absolute Gasteiger partial charge is 0.348 e. The van der Waals surface area contributed by atoms with Crippen molar-refractivity contribution in [2.24, 2.45) is 0 Å². The van der Waals surface area contributed by atoms with Gasteiger partial charge in [0.25, 0.3) is 5.91 Å². The van der Waals surface area contributed by atoms with Crippen LogP contribution in [0.3, 0.4) is 0 Å². The molecule has 110 valence electrons. The topological polar surface area (TPSA) is 34.0 Å². The molecule has 1 aliphatic rings. The van der Waals surface area contributed by atoms with Crippen LogP contribution in [-0.2, 0) is 6.54 Å². The molecule has 0 bridgehead atoms. The van der Waals surface area contributed by atoms with E-state index in [-0.39, 0.29) is 5.91 Å². The van der Waals surface area contributed by atoms with Crippen LogP contribution in [0.15, 0.2) is 30.3 Å². The highest BCUT2D eigenvalue weighted by atomic mass is 16.2. The molecule has 1 fully saturated rings. The zero-order chi connectivity index (χ0) is 15.0. The third-order valence-corrected chi connectivity index (χ3v) is 4.21. The average Bonchev–Trinajstić information content (AvgIpc) is 3.19. The van der Waals surface area contributed by atoms with Gasteiger partial charge in [-0.15, -0.1) is 0 Å². The average molecular weight is 282 g/mol. The number of hydrogen-bond donors (Lipinski definition) is 1. The van der Waals surface area contributed by atoms with Crippen molar-refractivity contribution in [2.45, 2.75) is 46.2 Å². The molecular weight excluding hydrogens is 260 g/mol. The molecule has 0 unspecified atom stereocenters. The Labute approximate surface area is 126 Å². The third-order valence-electron chi connectivity index (χ3n) is 4.21. The van der Waals surface area contributed by atoms with Gasteiger partial charge in [-0.25, -0.2) is 0 Å². The summed E-state index contributed by atoms with van der Waals surface area (Å²) in [5, 5.41) is 3.11. The van der Waals surface area contributed by atoms with Crippen molar-refractivity contribution in [3.63, 3.8) is 0 Å². The maximum absolute atomic E-state index is 12.5. The first-order chi connectivity index (χ1) is 10.1. The van der Waals surface area contributed by atoms with Crippen LogP contribution in [0.2, 0.25) is 0 Å². The molecule has 1 saturated carbocycles. The van der Waals surface area contributed by atoms with E-state index < -0.39 is 0 Å². The molecule has 3 nitrogen and oxygen atoms in total. The summed E-state index contributed by atoms with van der Waals surface area (Å²) in [6.45, 7) is 6.95. The Morgan fingerprint density at radius 2 is 1.90 bits per heavy atom. The quantitative estimate of drug-likeness (QED) is 0.916. The first kappa shape index (κ1) is 13.9. The van der Waals surface area contributed by atoms with Gasteiger partial charge in [-0.1, -0.05) is 24.3 Å². The van der Waals surface area contributed by atoms with Crippen LogP contribution in [0.25, 0.3) is 0 Å². The van der Waals surface area contributed by atoms with E-state index in [1.54, 1.807) is 0 Å². The number of carbonyl (C=O) groups excluding carboxylic acids is 1. The molecule has 1 N–H and O–H groups in total. The first-order valence-electron chi connectivity index (χ1n) is 7.58. The van der Waals surface area contributed by atoms with Crippen LogP contribution in [0.5, 0.6) is 0 Å². The highest BCUT2D eigenvalue weighted by molar-refractivity contribution is 5.94. The lowest BCUT2D eigenvalue weighted by molar-refractivity contribution is 0.0941. The molecule has 3 rings (SSSR count). The SMILES string of the molecule is Cc1ccccc1Cn1c(C)cc(C)c1C(=O)NC1CC1. The summed E-state index contributed by atoms with van der Waals surface area (Å²) in [6, 6.07) is 10.8. The maximum Gasteiger partial charge on any atom is 0.268 e. The number of aromatic nitrogens is 1. The molecule has 21 heavy (non-hydrogen) atoms. The fourth-order valence-electron chi connectivity index (χ4n) is 2.79. The number of rotatable bonds is 4. The second-order valence-corrected chi connectivity index (χ2v) is 6.08. The van der Waals surface area contributed by atoms with Crippen molar-refractivity contribution in [2.75, 3.05) is 0 Å². The van der Waals surface area contributed by atoms with Gasteiger partial charge in [0.1, 0.15) is 5.69 Å². The Morgan fingerprint density at radius 1 is 1.19 bits per heavy atom. The molecule has 1 aromatic heterocycles. The van der Waals surface area contributed by atoms with E-state index in [2.05, 4.69) is 48.0 Å². The number of amides is 1. The number of aryl methyl sites for hydroxylation is 3. The van der Waals surface area contributed by atoms with Gasteiger partial charge in [-0.05, 0) is 56.4 Å². The number of hydrogen-bond acceptors (Lipinski definition) is 1. The lowest BCUT2D eigenvalue weighted by Crippen LogP contribution is -2.28. The highest BCUT2D eigenvalue weighted by Gasteiger charge is 2.26. The number of benzene rings is 1. The Hall–Kier alpha value is -2.03. The van der Waals surface area contributed by atoms with E-state index in [9.17, 15) is 4.79 Å².